The first-order valence-corrected chi connectivity index (χ1v) is 17.8. The Hall–Kier alpha value is -3.87. The molecule has 1 aliphatic heterocycles. The Labute approximate surface area is 274 Å². The highest BCUT2D eigenvalue weighted by atomic mass is 32.2. The van der Waals surface area contributed by atoms with E-state index in [1.54, 1.807) is 29.6 Å². The maximum Gasteiger partial charge on any atom is 0.262 e. The topological polar surface area (TPSA) is 165 Å². The maximum atomic E-state index is 14.3. The van der Waals surface area contributed by atoms with Gasteiger partial charge in [0, 0.05) is 12.7 Å². The van der Waals surface area contributed by atoms with Crippen molar-refractivity contribution < 1.29 is 32.3 Å². The van der Waals surface area contributed by atoms with Crippen molar-refractivity contribution in [2.24, 2.45) is 5.73 Å². The van der Waals surface area contributed by atoms with E-state index in [2.05, 4.69) is 10.6 Å². The molecule has 4 rings (SSSR count). The molecule has 0 unspecified atom stereocenters. The number of hydrogen-bond acceptors (Lipinski definition) is 8. The molecule has 3 amide bonds. The van der Waals surface area contributed by atoms with Crippen LogP contribution in [0.4, 0.5) is 0 Å². The molecule has 0 bridgehead atoms. The van der Waals surface area contributed by atoms with Crippen molar-refractivity contribution in [2.45, 2.75) is 75.5 Å². The summed E-state index contributed by atoms with van der Waals surface area (Å²) in [6, 6.07) is 17.9. The molecule has 46 heavy (non-hydrogen) atoms. The van der Waals surface area contributed by atoms with Gasteiger partial charge in [-0.1, -0.05) is 80.4 Å². The minimum atomic E-state index is -3.97. The van der Waals surface area contributed by atoms with Gasteiger partial charge in [-0.3, -0.25) is 19.2 Å². The molecule has 3 atom stereocenters. The monoisotopic (exact) mass is 666 g/mol. The van der Waals surface area contributed by atoms with Gasteiger partial charge < -0.3 is 21.1 Å². The Morgan fingerprint density at radius 2 is 1.63 bits per heavy atom. The number of Topliss-reactive ketones (excluding diaryl/α,β-unsaturated/α-hetero) is 1. The van der Waals surface area contributed by atoms with Gasteiger partial charge in [-0.15, -0.1) is 11.3 Å². The molecule has 2 heterocycles. The summed E-state index contributed by atoms with van der Waals surface area (Å²) in [4.78, 5) is 55.0. The number of amides is 3. The third kappa shape index (κ3) is 6.65. The number of sulfone groups is 1. The summed E-state index contributed by atoms with van der Waals surface area (Å²) in [6.07, 6.45) is 3.23. The summed E-state index contributed by atoms with van der Waals surface area (Å²) in [5, 5.41) is 6.97. The number of benzene rings is 2. The zero-order valence-corrected chi connectivity index (χ0v) is 28.2. The van der Waals surface area contributed by atoms with Crippen LogP contribution in [0.15, 0.2) is 72.1 Å². The van der Waals surface area contributed by atoms with E-state index in [-0.39, 0.29) is 23.0 Å². The lowest BCUT2D eigenvalue weighted by molar-refractivity contribution is -0.126. The summed E-state index contributed by atoms with van der Waals surface area (Å²) in [6.45, 7) is 6.02. The van der Waals surface area contributed by atoms with Crippen LogP contribution < -0.4 is 16.4 Å². The fourth-order valence-corrected chi connectivity index (χ4v) is 6.61. The van der Waals surface area contributed by atoms with Crippen molar-refractivity contribution in [3.63, 3.8) is 0 Å². The van der Waals surface area contributed by atoms with Crippen molar-refractivity contribution >= 4 is 44.7 Å². The largest absolute Gasteiger partial charge is 0.367 e. The van der Waals surface area contributed by atoms with E-state index in [9.17, 15) is 27.6 Å². The third-order valence-electron chi connectivity index (χ3n) is 8.61. The van der Waals surface area contributed by atoms with Crippen LogP contribution in [0.5, 0.6) is 0 Å². The van der Waals surface area contributed by atoms with E-state index >= 15 is 0 Å². The predicted molar refractivity (Wildman–Crippen MR) is 177 cm³/mol. The lowest BCUT2D eigenvalue weighted by atomic mass is 9.77. The number of epoxide rings is 1. The van der Waals surface area contributed by atoms with Gasteiger partial charge in [0.15, 0.2) is 21.2 Å². The Morgan fingerprint density at radius 3 is 2.20 bits per heavy atom. The van der Waals surface area contributed by atoms with Gasteiger partial charge in [0.2, 0.25) is 5.91 Å². The zero-order valence-electron chi connectivity index (χ0n) is 26.6. The maximum absolute atomic E-state index is 14.3. The molecule has 10 nitrogen and oxygen atoms in total. The molecule has 0 aliphatic carbocycles. The van der Waals surface area contributed by atoms with Gasteiger partial charge in [-0.05, 0) is 55.3 Å². The smallest absolute Gasteiger partial charge is 0.262 e. The van der Waals surface area contributed by atoms with E-state index in [0.717, 1.165) is 36.0 Å². The molecular formula is C34H40N3O7S2. The highest BCUT2D eigenvalue weighted by Crippen LogP contribution is 2.55. The van der Waals surface area contributed by atoms with Crippen LogP contribution in [0, 0.1) is 5.92 Å². The number of unbranched alkanes of at least 4 members (excludes halogenated alkanes) is 2. The number of rotatable bonds is 15. The van der Waals surface area contributed by atoms with Crippen LogP contribution in [0.1, 0.15) is 68.6 Å². The summed E-state index contributed by atoms with van der Waals surface area (Å²) >= 11 is 1.12. The number of carbonyl (C=O) groups excluding carboxylic acids is 4. The lowest BCUT2D eigenvalue weighted by Crippen LogP contribution is -2.64. The fraction of sp³-hybridized carbons (Fsp3) is 0.382. The molecule has 0 saturated carbocycles. The van der Waals surface area contributed by atoms with Crippen LogP contribution in [0.3, 0.4) is 0 Å². The van der Waals surface area contributed by atoms with Crippen LogP contribution in [-0.2, 0) is 29.0 Å². The number of primary amides is 1. The standard InChI is InChI=1S/C34H40N3O7S2/c1-6-7-9-19-25(38)27(24-18-13-12-17-23(24)22-15-10-8-11-16-22)34(33(4,44-34)31(35)41)37-30(40)28(32(2,3)46(5,42)43)36-29(39)26-20-14-21-45-26/h8,10-18,20-21,28H,6-7,9,19H2,1-5H3,(H2,35,41)(H,36,39)(H,37,40)/t28-,33-,34+/m1/s1. The third-order valence-corrected chi connectivity index (χ3v) is 11.6. The minimum Gasteiger partial charge on any atom is -0.367 e. The molecule has 2 aromatic carbocycles. The van der Waals surface area contributed by atoms with E-state index in [1.807, 2.05) is 49.4 Å². The molecule has 1 fully saturated rings. The fourth-order valence-electron chi connectivity index (χ4n) is 5.39. The second-order valence-corrected chi connectivity index (χ2v) is 15.6. The van der Waals surface area contributed by atoms with Crippen LogP contribution >= 0.6 is 11.3 Å². The predicted octanol–water partition coefficient (Wildman–Crippen LogP) is 4.20. The quantitative estimate of drug-likeness (QED) is 0.162. The number of ketones is 1. The molecule has 4 N–H and O–H groups in total. The van der Waals surface area contributed by atoms with Crippen molar-refractivity contribution in [3.8, 4) is 11.1 Å². The highest BCUT2D eigenvalue weighted by molar-refractivity contribution is 7.92. The summed E-state index contributed by atoms with van der Waals surface area (Å²) in [5.41, 5.74) is 3.75. The average molecular weight is 667 g/mol. The van der Waals surface area contributed by atoms with Gasteiger partial charge in [-0.2, -0.15) is 0 Å². The first-order chi connectivity index (χ1) is 21.6. The average Bonchev–Trinajstić information content (AvgIpc) is 3.32. The second-order valence-electron chi connectivity index (χ2n) is 12.1. The summed E-state index contributed by atoms with van der Waals surface area (Å²) in [5.74, 6) is -2.93. The van der Waals surface area contributed by atoms with E-state index in [4.69, 9.17) is 10.5 Å². The molecular weight excluding hydrogens is 627 g/mol. The van der Waals surface area contributed by atoms with Gasteiger partial charge in [-0.25, -0.2) is 8.42 Å². The van der Waals surface area contributed by atoms with Gasteiger partial charge in [0.1, 0.15) is 17.7 Å². The molecule has 1 aliphatic rings. The Morgan fingerprint density at radius 1 is 0.978 bits per heavy atom. The van der Waals surface area contributed by atoms with Gasteiger partial charge in [0.05, 0.1) is 9.62 Å². The molecule has 1 aromatic heterocycles. The lowest BCUT2D eigenvalue weighted by Gasteiger charge is -2.35. The Kier molecular flexibility index (Phi) is 10.2. The molecule has 1 radical (unpaired) electrons. The molecule has 0 spiro atoms. The van der Waals surface area contributed by atoms with E-state index in [0.29, 0.717) is 17.5 Å². The first kappa shape index (κ1) is 35.0. The number of carbonyl (C=O) groups is 4. The Balaban J connectivity index is 1.87. The highest BCUT2D eigenvalue weighted by Gasteiger charge is 2.78. The number of ether oxygens (including phenoxy) is 1. The second kappa shape index (κ2) is 13.5. The van der Waals surface area contributed by atoms with E-state index < -0.39 is 49.7 Å². The SMILES string of the molecule is CCCCCC(=O)[C](c1ccccc1-c1ccccc1)[C@]1(NC(=O)[C@@H](NC(=O)c2cccs2)C(C)(C)S(C)(=O)=O)O[C@]1(C)C(N)=O. The molecule has 245 valence electrons. The normalized spacial score (nSPS) is 20.1. The van der Waals surface area contributed by atoms with Crippen molar-refractivity contribution in [1.82, 2.24) is 10.6 Å². The van der Waals surface area contributed by atoms with Crippen molar-refractivity contribution in [3.05, 3.63) is 88.5 Å². The molecule has 12 heteroatoms. The van der Waals surface area contributed by atoms with Gasteiger partial charge >= 0.3 is 0 Å². The molecule has 1 saturated heterocycles. The zero-order chi connectivity index (χ0) is 33.9. The first-order valence-electron chi connectivity index (χ1n) is 15.0. The minimum absolute atomic E-state index is 0.0122. The Bertz CT molecular complexity index is 1710. The van der Waals surface area contributed by atoms with Gasteiger partial charge in [0.25, 0.3) is 11.8 Å². The number of thiophene rings is 1. The number of nitrogens with one attached hydrogen (secondary N) is 2. The summed E-state index contributed by atoms with van der Waals surface area (Å²) < 4.78 is 30.2. The number of hydrogen-bond donors (Lipinski definition) is 3. The van der Waals surface area contributed by atoms with Crippen LogP contribution in [-0.4, -0.2) is 60.3 Å². The van der Waals surface area contributed by atoms with Crippen molar-refractivity contribution in [1.29, 1.82) is 0 Å². The molecule has 3 aromatic rings. The van der Waals surface area contributed by atoms with Crippen LogP contribution in [0.25, 0.3) is 11.1 Å². The van der Waals surface area contributed by atoms with Crippen molar-refractivity contribution in [2.75, 3.05) is 6.26 Å². The van der Waals surface area contributed by atoms with E-state index in [1.165, 1.54) is 20.8 Å². The number of nitrogens with two attached hydrogens (primary N) is 1. The summed E-state index contributed by atoms with van der Waals surface area (Å²) in [7, 11) is -3.97. The van der Waals surface area contributed by atoms with Crippen LogP contribution in [0.2, 0.25) is 0 Å².